The van der Waals surface area contributed by atoms with Crippen molar-refractivity contribution in [3.63, 3.8) is 0 Å². The van der Waals surface area contributed by atoms with E-state index in [-0.39, 0.29) is 5.91 Å². The number of hydrogen-bond donors (Lipinski definition) is 1. The number of ether oxygens (including phenoxy) is 1. The first kappa shape index (κ1) is 13.0. The van der Waals surface area contributed by atoms with Gasteiger partial charge < -0.3 is 10.1 Å². The summed E-state index contributed by atoms with van der Waals surface area (Å²) >= 11 is 1.45. The van der Waals surface area contributed by atoms with Gasteiger partial charge >= 0.3 is 0 Å². The highest BCUT2D eigenvalue weighted by molar-refractivity contribution is 7.13. The lowest BCUT2D eigenvalue weighted by atomic mass is 9.90. The molecule has 1 saturated carbocycles. The number of thiazole rings is 1. The predicted octanol–water partition coefficient (Wildman–Crippen LogP) is 1.72. The second-order valence-electron chi connectivity index (χ2n) is 5.12. The Morgan fingerprint density at radius 3 is 3.26 bits per heavy atom. The van der Waals surface area contributed by atoms with Gasteiger partial charge in [0.1, 0.15) is 0 Å². The normalized spacial score (nSPS) is 27.8. The summed E-state index contributed by atoms with van der Waals surface area (Å²) < 4.78 is 5.82. The molecule has 2 fully saturated rings. The Hall–Kier alpha value is -0.980. The monoisotopic (exact) mass is 281 g/mol. The minimum absolute atomic E-state index is 0.0289. The Morgan fingerprint density at radius 2 is 2.42 bits per heavy atom. The molecule has 1 aromatic heterocycles. The van der Waals surface area contributed by atoms with E-state index in [9.17, 15) is 4.79 Å². The number of carbonyl (C=O) groups excluding carboxylic acids is 1. The van der Waals surface area contributed by atoms with Crippen molar-refractivity contribution >= 4 is 22.4 Å². The van der Waals surface area contributed by atoms with Crippen LogP contribution in [0, 0.1) is 0 Å². The van der Waals surface area contributed by atoms with E-state index < -0.39 is 0 Å². The van der Waals surface area contributed by atoms with E-state index in [1.165, 1.54) is 24.2 Å². The molecule has 1 amide bonds. The largest absolute Gasteiger partial charge is 0.375 e. The quantitative estimate of drug-likeness (QED) is 0.916. The van der Waals surface area contributed by atoms with Crippen molar-refractivity contribution in [2.75, 3.05) is 25.0 Å². The van der Waals surface area contributed by atoms with E-state index >= 15 is 0 Å². The molecule has 2 aliphatic rings. The lowest BCUT2D eigenvalue weighted by Gasteiger charge is -2.43. The molecule has 1 saturated heterocycles. The second-order valence-corrected chi connectivity index (χ2v) is 6.01. The number of morpholine rings is 1. The van der Waals surface area contributed by atoms with Gasteiger partial charge in [-0.25, -0.2) is 4.98 Å². The SMILES string of the molecule is O=C(CN1CCO[C@@H]2CCCC[C@H]21)Nc1nccs1. The molecule has 0 unspecified atom stereocenters. The van der Waals surface area contributed by atoms with Crippen LogP contribution < -0.4 is 5.32 Å². The van der Waals surface area contributed by atoms with Gasteiger partial charge in [0.15, 0.2) is 5.13 Å². The third-order valence-corrected chi connectivity index (χ3v) is 4.56. The van der Waals surface area contributed by atoms with E-state index in [1.807, 2.05) is 5.38 Å². The number of fused-ring (bicyclic) bond motifs is 1. The van der Waals surface area contributed by atoms with Crippen molar-refractivity contribution in [1.29, 1.82) is 0 Å². The molecular weight excluding hydrogens is 262 g/mol. The van der Waals surface area contributed by atoms with Crippen LogP contribution in [0.2, 0.25) is 0 Å². The highest BCUT2D eigenvalue weighted by atomic mass is 32.1. The van der Waals surface area contributed by atoms with E-state index in [1.54, 1.807) is 6.20 Å². The Kier molecular flexibility index (Phi) is 4.10. The predicted molar refractivity (Wildman–Crippen MR) is 74.3 cm³/mol. The highest BCUT2D eigenvalue weighted by Crippen LogP contribution is 2.28. The van der Waals surface area contributed by atoms with Crippen LogP contribution in [0.4, 0.5) is 5.13 Å². The lowest BCUT2D eigenvalue weighted by Crippen LogP contribution is -2.54. The molecule has 1 aliphatic heterocycles. The molecule has 1 N–H and O–H groups in total. The first-order valence-electron chi connectivity index (χ1n) is 6.88. The number of rotatable bonds is 3. The summed E-state index contributed by atoms with van der Waals surface area (Å²) in [6.45, 7) is 2.04. The summed E-state index contributed by atoms with van der Waals surface area (Å²) in [5.41, 5.74) is 0. The number of anilines is 1. The minimum Gasteiger partial charge on any atom is -0.375 e. The van der Waals surface area contributed by atoms with Crippen molar-refractivity contribution in [2.45, 2.75) is 37.8 Å². The van der Waals surface area contributed by atoms with Crippen LogP contribution >= 0.6 is 11.3 Å². The first-order chi connectivity index (χ1) is 9.33. The Labute approximate surface area is 117 Å². The average Bonchev–Trinajstić information content (AvgIpc) is 2.92. The van der Waals surface area contributed by atoms with Crippen LogP contribution in [0.15, 0.2) is 11.6 Å². The number of nitrogens with one attached hydrogen (secondary N) is 1. The lowest BCUT2D eigenvalue weighted by molar-refractivity contribution is -0.124. The zero-order chi connectivity index (χ0) is 13.1. The van der Waals surface area contributed by atoms with Crippen molar-refractivity contribution in [3.05, 3.63) is 11.6 Å². The van der Waals surface area contributed by atoms with E-state index in [0.717, 1.165) is 26.0 Å². The van der Waals surface area contributed by atoms with Crippen LogP contribution in [0.5, 0.6) is 0 Å². The number of hydrogen-bond acceptors (Lipinski definition) is 5. The van der Waals surface area contributed by atoms with Gasteiger partial charge in [-0.05, 0) is 12.8 Å². The average molecular weight is 281 g/mol. The van der Waals surface area contributed by atoms with E-state index in [0.29, 0.717) is 23.8 Å². The molecule has 0 aromatic carbocycles. The van der Waals surface area contributed by atoms with Crippen molar-refractivity contribution < 1.29 is 9.53 Å². The second kappa shape index (κ2) is 5.98. The van der Waals surface area contributed by atoms with Crippen LogP contribution in [0.25, 0.3) is 0 Å². The van der Waals surface area contributed by atoms with Gasteiger partial charge in [-0.3, -0.25) is 9.69 Å². The Bertz CT molecular complexity index is 422. The third-order valence-electron chi connectivity index (χ3n) is 3.87. The summed E-state index contributed by atoms with van der Waals surface area (Å²) in [5, 5.41) is 5.39. The minimum atomic E-state index is 0.0289. The van der Waals surface area contributed by atoms with Gasteiger partial charge in [0.2, 0.25) is 5.91 Å². The maximum Gasteiger partial charge on any atom is 0.240 e. The van der Waals surface area contributed by atoms with Crippen LogP contribution in [0.1, 0.15) is 25.7 Å². The zero-order valence-electron chi connectivity index (χ0n) is 10.9. The Balaban J connectivity index is 1.57. The molecule has 6 heteroatoms. The fourth-order valence-corrected chi connectivity index (χ4v) is 3.55. The number of carbonyl (C=O) groups is 1. The summed E-state index contributed by atoms with van der Waals surface area (Å²) in [4.78, 5) is 18.4. The van der Waals surface area contributed by atoms with Gasteiger partial charge in [0.05, 0.1) is 19.3 Å². The maximum absolute atomic E-state index is 12.0. The summed E-state index contributed by atoms with van der Waals surface area (Å²) in [5.74, 6) is 0.0289. The molecule has 1 aromatic rings. The third kappa shape index (κ3) is 3.13. The van der Waals surface area contributed by atoms with E-state index in [2.05, 4.69) is 15.2 Å². The topological polar surface area (TPSA) is 54.5 Å². The zero-order valence-corrected chi connectivity index (χ0v) is 11.7. The van der Waals surface area contributed by atoms with Crippen molar-refractivity contribution in [1.82, 2.24) is 9.88 Å². The molecule has 2 heterocycles. The fourth-order valence-electron chi connectivity index (χ4n) is 3.00. The molecule has 104 valence electrons. The van der Waals surface area contributed by atoms with Crippen molar-refractivity contribution in [2.24, 2.45) is 0 Å². The van der Waals surface area contributed by atoms with Crippen LogP contribution in [0.3, 0.4) is 0 Å². The molecule has 0 spiro atoms. The first-order valence-corrected chi connectivity index (χ1v) is 7.76. The van der Waals surface area contributed by atoms with Gasteiger partial charge in [-0.2, -0.15) is 0 Å². The van der Waals surface area contributed by atoms with Crippen LogP contribution in [-0.4, -0.2) is 47.6 Å². The number of aromatic nitrogens is 1. The van der Waals surface area contributed by atoms with Crippen LogP contribution in [-0.2, 0) is 9.53 Å². The summed E-state index contributed by atoms with van der Waals surface area (Å²) in [6, 6.07) is 0.421. The van der Waals surface area contributed by atoms with Gasteiger partial charge in [0.25, 0.3) is 0 Å². The van der Waals surface area contributed by atoms with Gasteiger partial charge in [-0.1, -0.05) is 12.8 Å². The molecule has 2 atom stereocenters. The molecule has 5 nitrogen and oxygen atoms in total. The summed E-state index contributed by atoms with van der Waals surface area (Å²) in [7, 11) is 0. The molecule has 1 aliphatic carbocycles. The fraction of sp³-hybridized carbons (Fsp3) is 0.692. The Morgan fingerprint density at radius 1 is 1.53 bits per heavy atom. The maximum atomic E-state index is 12.0. The summed E-state index contributed by atoms with van der Waals surface area (Å²) in [6.07, 6.45) is 6.81. The smallest absolute Gasteiger partial charge is 0.240 e. The number of amides is 1. The standard InChI is InChI=1S/C13H19N3O2S/c17-12(15-13-14-5-8-19-13)9-16-6-7-18-11-4-2-1-3-10(11)16/h5,8,10-11H,1-4,6-7,9H2,(H,14,15,17)/t10-,11-/m1/s1. The number of nitrogens with zero attached hydrogens (tertiary/aromatic N) is 2. The molecule has 0 radical (unpaired) electrons. The van der Waals surface area contributed by atoms with Gasteiger partial charge in [-0.15, -0.1) is 11.3 Å². The molecule has 0 bridgehead atoms. The molecule has 19 heavy (non-hydrogen) atoms. The highest BCUT2D eigenvalue weighted by Gasteiger charge is 2.34. The van der Waals surface area contributed by atoms with E-state index in [4.69, 9.17) is 4.74 Å². The molecular formula is C13H19N3O2S. The molecule has 3 rings (SSSR count). The van der Waals surface area contributed by atoms with Gasteiger partial charge in [0, 0.05) is 24.2 Å². The van der Waals surface area contributed by atoms with Crippen molar-refractivity contribution in [3.8, 4) is 0 Å².